The molecule has 39 heavy (non-hydrogen) atoms. The van der Waals surface area contributed by atoms with Gasteiger partial charge in [0, 0.05) is 10.9 Å². The molecule has 5 aromatic rings. The van der Waals surface area contributed by atoms with Crippen molar-refractivity contribution in [2.24, 2.45) is 0 Å². The van der Waals surface area contributed by atoms with Crippen LogP contribution >= 0.6 is 0 Å². The molecule has 0 aliphatic carbocycles. The van der Waals surface area contributed by atoms with E-state index in [-0.39, 0.29) is 17.7 Å². The average molecular weight is 531 g/mol. The lowest BCUT2D eigenvalue weighted by molar-refractivity contribution is -0.136. The van der Waals surface area contributed by atoms with Gasteiger partial charge in [0.05, 0.1) is 23.4 Å². The third-order valence-electron chi connectivity index (χ3n) is 6.68. The average Bonchev–Trinajstić information content (AvgIpc) is 3.26. The Hall–Kier alpha value is -4.59. The number of aromatic carboxylic acids is 1. The van der Waals surface area contributed by atoms with Crippen molar-refractivity contribution in [3.8, 4) is 17.0 Å². The number of halogens is 3. The van der Waals surface area contributed by atoms with Gasteiger partial charge in [-0.05, 0) is 66.4 Å². The van der Waals surface area contributed by atoms with Crippen LogP contribution in [0.4, 0.5) is 13.2 Å². The van der Waals surface area contributed by atoms with Crippen molar-refractivity contribution in [2.45, 2.75) is 33.2 Å². The lowest BCUT2D eigenvalue weighted by Crippen LogP contribution is -2.07. The van der Waals surface area contributed by atoms with Crippen LogP contribution in [-0.2, 0) is 19.3 Å². The van der Waals surface area contributed by atoms with Crippen molar-refractivity contribution in [3.63, 3.8) is 0 Å². The van der Waals surface area contributed by atoms with Gasteiger partial charge in [-0.15, -0.1) is 0 Å². The number of aromatic nitrogens is 2. The van der Waals surface area contributed by atoms with E-state index in [1.54, 1.807) is 41.1 Å². The minimum absolute atomic E-state index is 0.105. The summed E-state index contributed by atoms with van der Waals surface area (Å²) >= 11 is 0. The largest absolute Gasteiger partial charge is 0.489 e. The van der Waals surface area contributed by atoms with Crippen LogP contribution in [0.15, 0.2) is 84.9 Å². The summed E-state index contributed by atoms with van der Waals surface area (Å²) < 4.78 is 49.2. The summed E-state index contributed by atoms with van der Waals surface area (Å²) in [6, 6.07) is 23.9. The lowest BCUT2D eigenvalue weighted by atomic mass is 10.00. The maximum absolute atomic E-state index is 13.8. The summed E-state index contributed by atoms with van der Waals surface area (Å²) in [4.78, 5) is 11.4. The Kier molecular flexibility index (Phi) is 6.87. The van der Waals surface area contributed by atoms with Crippen molar-refractivity contribution in [1.29, 1.82) is 0 Å². The molecule has 0 saturated heterocycles. The monoisotopic (exact) mass is 530 g/mol. The Balaban J connectivity index is 1.55. The highest BCUT2D eigenvalue weighted by Gasteiger charge is 2.34. The third-order valence-corrected chi connectivity index (χ3v) is 6.68. The van der Waals surface area contributed by atoms with Gasteiger partial charge in [0.2, 0.25) is 0 Å². The van der Waals surface area contributed by atoms with Crippen molar-refractivity contribution in [3.05, 3.63) is 118 Å². The van der Waals surface area contributed by atoms with E-state index in [9.17, 15) is 23.1 Å². The van der Waals surface area contributed by atoms with Gasteiger partial charge in [-0.1, -0.05) is 54.6 Å². The number of hydrogen-bond donors (Lipinski definition) is 1. The number of fused-ring (bicyclic) bond motifs is 1. The first-order valence-electron chi connectivity index (χ1n) is 12.3. The zero-order chi connectivity index (χ0) is 27.7. The molecular weight excluding hydrogens is 505 g/mol. The number of hydrogen-bond acceptors (Lipinski definition) is 3. The molecule has 0 aliphatic rings. The molecule has 0 bridgehead atoms. The quantitative estimate of drug-likeness (QED) is 0.235. The summed E-state index contributed by atoms with van der Waals surface area (Å²) in [7, 11) is 0. The SMILES string of the molecule is Cc1cc(C(=O)O)cc(C)c1COc1cccc(-c2c3cccc(C(F)(F)F)c3nn2Cc2ccccc2)c1. The van der Waals surface area contributed by atoms with Crippen LogP contribution in [-0.4, -0.2) is 20.9 Å². The van der Waals surface area contributed by atoms with Crippen LogP contribution in [0.1, 0.15) is 38.2 Å². The van der Waals surface area contributed by atoms with E-state index >= 15 is 0 Å². The molecule has 4 aromatic carbocycles. The number of carboxylic acids is 1. The maximum atomic E-state index is 13.8. The number of carbonyl (C=O) groups is 1. The lowest BCUT2D eigenvalue weighted by Gasteiger charge is -2.14. The fraction of sp³-hybridized carbons (Fsp3) is 0.161. The van der Waals surface area contributed by atoms with Crippen LogP contribution in [0.2, 0.25) is 0 Å². The maximum Gasteiger partial charge on any atom is 0.418 e. The Labute approximate surface area is 223 Å². The Morgan fingerprint density at radius 1 is 0.923 bits per heavy atom. The highest BCUT2D eigenvalue weighted by Crippen LogP contribution is 2.39. The van der Waals surface area contributed by atoms with Crippen molar-refractivity contribution in [2.75, 3.05) is 0 Å². The number of nitrogens with zero attached hydrogens (tertiary/aromatic N) is 2. The molecule has 5 rings (SSSR count). The smallest absolute Gasteiger partial charge is 0.418 e. The molecule has 0 saturated carbocycles. The zero-order valence-electron chi connectivity index (χ0n) is 21.3. The number of aryl methyl sites for hydroxylation is 2. The van der Waals surface area contributed by atoms with Crippen LogP contribution in [0.25, 0.3) is 22.2 Å². The van der Waals surface area contributed by atoms with Gasteiger partial charge in [-0.25, -0.2) is 4.79 Å². The first kappa shape index (κ1) is 26.0. The fourth-order valence-corrected chi connectivity index (χ4v) is 4.79. The molecule has 1 N–H and O–H groups in total. The number of ether oxygens (including phenoxy) is 1. The molecule has 0 aliphatic heterocycles. The van der Waals surface area contributed by atoms with Crippen molar-refractivity contribution in [1.82, 2.24) is 9.78 Å². The summed E-state index contributed by atoms with van der Waals surface area (Å²) in [6.45, 7) is 4.17. The summed E-state index contributed by atoms with van der Waals surface area (Å²) in [5.74, 6) is -0.462. The predicted octanol–water partition coefficient (Wildman–Crippen LogP) is 7.66. The van der Waals surface area contributed by atoms with E-state index < -0.39 is 17.7 Å². The van der Waals surface area contributed by atoms with Gasteiger partial charge < -0.3 is 9.84 Å². The molecule has 0 spiro atoms. The second kappa shape index (κ2) is 10.3. The number of alkyl halides is 3. The Morgan fingerprint density at radius 3 is 2.28 bits per heavy atom. The fourth-order valence-electron chi connectivity index (χ4n) is 4.79. The summed E-state index contributed by atoms with van der Waals surface area (Å²) in [5.41, 5.74) is 3.94. The molecule has 0 atom stereocenters. The minimum Gasteiger partial charge on any atom is -0.489 e. The standard InChI is InChI=1S/C31H25F3N2O3/c1-19-14-23(30(37)38)15-20(2)26(19)18-39-24-11-6-10-22(16-24)29-25-12-7-13-27(31(32,33)34)28(25)35-36(29)17-21-8-4-3-5-9-21/h3-16H,17-18H2,1-2H3,(H,37,38). The summed E-state index contributed by atoms with van der Waals surface area (Å²) in [6.07, 6.45) is -4.54. The summed E-state index contributed by atoms with van der Waals surface area (Å²) in [5, 5.41) is 14.1. The molecule has 0 radical (unpaired) electrons. The third kappa shape index (κ3) is 5.36. The Bertz CT molecular complexity index is 1650. The normalized spacial score (nSPS) is 11.6. The van der Waals surface area contributed by atoms with Crippen LogP contribution in [0.3, 0.4) is 0 Å². The molecule has 1 heterocycles. The molecule has 0 unspecified atom stereocenters. The highest BCUT2D eigenvalue weighted by atomic mass is 19.4. The van der Waals surface area contributed by atoms with Gasteiger partial charge in [0.25, 0.3) is 0 Å². The van der Waals surface area contributed by atoms with Gasteiger partial charge >= 0.3 is 12.1 Å². The van der Waals surface area contributed by atoms with E-state index in [1.165, 1.54) is 6.07 Å². The second-order valence-electron chi connectivity index (χ2n) is 9.40. The van der Waals surface area contributed by atoms with Gasteiger partial charge in [0.1, 0.15) is 17.9 Å². The first-order valence-corrected chi connectivity index (χ1v) is 12.3. The second-order valence-corrected chi connectivity index (χ2v) is 9.40. The van der Waals surface area contributed by atoms with E-state index in [0.29, 0.717) is 28.9 Å². The zero-order valence-corrected chi connectivity index (χ0v) is 21.3. The molecule has 5 nitrogen and oxygen atoms in total. The van der Waals surface area contributed by atoms with Gasteiger partial charge in [-0.2, -0.15) is 18.3 Å². The predicted molar refractivity (Wildman–Crippen MR) is 143 cm³/mol. The molecular formula is C31H25F3N2O3. The van der Waals surface area contributed by atoms with Crippen LogP contribution < -0.4 is 4.74 Å². The van der Waals surface area contributed by atoms with Gasteiger partial charge in [0.15, 0.2) is 0 Å². The van der Waals surface area contributed by atoms with E-state index in [1.807, 2.05) is 50.2 Å². The Morgan fingerprint density at radius 2 is 1.62 bits per heavy atom. The molecule has 198 valence electrons. The van der Waals surface area contributed by atoms with Gasteiger partial charge in [-0.3, -0.25) is 4.68 Å². The molecule has 8 heteroatoms. The van der Waals surface area contributed by atoms with Crippen LogP contribution in [0.5, 0.6) is 5.75 Å². The molecule has 0 amide bonds. The highest BCUT2D eigenvalue weighted by molar-refractivity contribution is 5.95. The van der Waals surface area contributed by atoms with Crippen molar-refractivity contribution >= 4 is 16.9 Å². The number of carboxylic acid groups (broad SMARTS) is 1. The number of benzene rings is 4. The number of rotatable bonds is 7. The van der Waals surface area contributed by atoms with E-state index in [2.05, 4.69) is 5.10 Å². The molecule has 0 fully saturated rings. The van der Waals surface area contributed by atoms with Crippen molar-refractivity contribution < 1.29 is 27.8 Å². The topological polar surface area (TPSA) is 64.3 Å². The van der Waals surface area contributed by atoms with Crippen LogP contribution in [0, 0.1) is 13.8 Å². The first-order chi connectivity index (χ1) is 18.6. The van der Waals surface area contributed by atoms with E-state index in [4.69, 9.17) is 4.74 Å². The minimum atomic E-state index is -4.54. The van der Waals surface area contributed by atoms with E-state index in [0.717, 1.165) is 28.3 Å². The molecule has 1 aromatic heterocycles.